The largest absolute Gasteiger partial charge is 0.374 e. The van der Waals surface area contributed by atoms with Crippen molar-refractivity contribution >= 4 is 27.5 Å². The minimum absolute atomic E-state index is 0.452. The predicted molar refractivity (Wildman–Crippen MR) is 106 cm³/mol. The Morgan fingerprint density at radius 3 is 2.08 bits per heavy atom. The maximum absolute atomic E-state index is 5.87. The van der Waals surface area contributed by atoms with E-state index in [0.29, 0.717) is 12.7 Å². The minimum atomic E-state index is 0.452. The van der Waals surface area contributed by atoms with Crippen LogP contribution in [0.4, 0.5) is 0 Å². The summed E-state index contributed by atoms with van der Waals surface area (Å²) in [6, 6.07) is 8.96. The summed E-state index contributed by atoms with van der Waals surface area (Å²) in [5.74, 6) is 2.65. The molecule has 2 saturated carbocycles. The van der Waals surface area contributed by atoms with Crippen LogP contribution in [0, 0.1) is 11.8 Å². The van der Waals surface area contributed by atoms with E-state index in [1.807, 2.05) is 6.08 Å². The van der Waals surface area contributed by atoms with Crippen LogP contribution < -0.4 is 0 Å². The van der Waals surface area contributed by atoms with Crippen LogP contribution in [-0.4, -0.2) is 12.7 Å². The van der Waals surface area contributed by atoms with Gasteiger partial charge in [-0.2, -0.15) is 0 Å². The lowest BCUT2D eigenvalue weighted by atomic mass is 9.69. The molecule has 0 unspecified atom stereocenters. The molecule has 2 aliphatic carbocycles. The molecule has 1 aromatic rings. The summed E-state index contributed by atoms with van der Waals surface area (Å²) >= 11 is 9.08. The number of ether oxygens (including phenoxy) is 1. The summed E-state index contributed by atoms with van der Waals surface area (Å²) in [5, 5.41) is 0. The van der Waals surface area contributed by atoms with Crippen molar-refractivity contribution in [3.63, 3.8) is 0 Å². The van der Waals surface area contributed by atoms with Crippen LogP contribution in [0.25, 0.3) is 0 Å². The second kappa shape index (κ2) is 9.40. The van der Waals surface area contributed by atoms with Crippen molar-refractivity contribution in [3.05, 3.63) is 45.9 Å². The van der Waals surface area contributed by atoms with Gasteiger partial charge in [0.05, 0.1) is 12.7 Å². The summed E-state index contributed by atoms with van der Waals surface area (Å²) in [5.41, 5.74) is 3.08. The van der Waals surface area contributed by atoms with Gasteiger partial charge < -0.3 is 4.74 Å². The van der Waals surface area contributed by atoms with Crippen molar-refractivity contribution in [1.29, 1.82) is 0 Å². The van der Waals surface area contributed by atoms with E-state index in [1.165, 1.54) is 61.4 Å². The molecule has 0 heterocycles. The monoisotopic (exact) mass is 410 g/mol. The van der Waals surface area contributed by atoms with E-state index in [4.69, 9.17) is 16.3 Å². The Bertz CT molecular complexity index is 511. The average Bonchev–Trinajstić information content (AvgIpc) is 2.63. The molecule has 1 nitrogen and oxygen atoms in total. The van der Waals surface area contributed by atoms with E-state index in [2.05, 4.69) is 40.2 Å². The molecular formula is C21H28BrClO. The van der Waals surface area contributed by atoms with E-state index in [-0.39, 0.29) is 0 Å². The lowest BCUT2D eigenvalue weighted by Crippen LogP contribution is -2.28. The summed E-state index contributed by atoms with van der Waals surface area (Å²) in [4.78, 5) is 0. The number of benzene rings is 1. The van der Waals surface area contributed by atoms with Crippen LogP contribution in [0.3, 0.4) is 0 Å². The van der Waals surface area contributed by atoms with Crippen molar-refractivity contribution in [3.8, 4) is 0 Å². The fourth-order valence-corrected chi connectivity index (χ4v) is 4.95. The molecule has 3 heteroatoms. The maximum atomic E-state index is 5.87. The molecule has 24 heavy (non-hydrogen) atoms. The van der Waals surface area contributed by atoms with E-state index in [9.17, 15) is 0 Å². The Morgan fingerprint density at radius 2 is 1.50 bits per heavy atom. The van der Waals surface area contributed by atoms with Crippen LogP contribution in [-0.2, 0) is 4.74 Å². The third-order valence-corrected chi connectivity index (χ3v) is 6.72. The molecule has 0 aliphatic heterocycles. The highest BCUT2D eigenvalue weighted by Gasteiger charge is 2.31. The predicted octanol–water partition coefficient (Wildman–Crippen LogP) is 7.05. The van der Waals surface area contributed by atoms with Crippen molar-refractivity contribution in [2.45, 2.75) is 63.4 Å². The van der Waals surface area contributed by atoms with Crippen LogP contribution in [0.2, 0.25) is 0 Å². The zero-order chi connectivity index (χ0) is 16.8. The number of hydrogen-bond acceptors (Lipinski definition) is 1. The van der Waals surface area contributed by atoms with Crippen LogP contribution in [0.5, 0.6) is 0 Å². The van der Waals surface area contributed by atoms with E-state index >= 15 is 0 Å². The summed E-state index contributed by atoms with van der Waals surface area (Å²) in [7, 11) is 0. The normalized spacial score (nSPS) is 31.4. The SMILES string of the molecule is ClC=CCOC1CCC(C2CCC(c3ccc(Br)cc3)CC2)CC1. The third kappa shape index (κ3) is 5.09. The molecule has 0 radical (unpaired) electrons. The summed E-state index contributed by atoms with van der Waals surface area (Å²) in [6.07, 6.45) is 13.0. The maximum Gasteiger partial charge on any atom is 0.0662 e. The Morgan fingerprint density at radius 1 is 0.917 bits per heavy atom. The van der Waals surface area contributed by atoms with Crippen LogP contribution >= 0.6 is 27.5 Å². The molecule has 0 aromatic heterocycles. The Kier molecular flexibility index (Phi) is 7.24. The van der Waals surface area contributed by atoms with Gasteiger partial charge in [-0.15, -0.1) is 0 Å². The van der Waals surface area contributed by atoms with Gasteiger partial charge in [0, 0.05) is 10.0 Å². The van der Waals surface area contributed by atoms with Gasteiger partial charge in [-0.25, -0.2) is 0 Å². The van der Waals surface area contributed by atoms with Crippen molar-refractivity contribution in [2.75, 3.05) is 6.61 Å². The molecule has 0 N–H and O–H groups in total. The summed E-state index contributed by atoms with van der Waals surface area (Å²) < 4.78 is 7.05. The van der Waals surface area contributed by atoms with Gasteiger partial charge in [0.2, 0.25) is 0 Å². The molecule has 2 fully saturated rings. The second-order valence-corrected chi connectivity index (χ2v) is 8.56. The fourth-order valence-electron chi connectivity index (χ4n) is 4.61. The number of hydrogen-bond donors (Lipinski definition) is 0. The molecule has 132 valence electrons. The lowest BCUT2D eigenvalue weighted by Gasteiger charge is -2.37. The third-order valence-electron chi connectivity index (χ3n) is 6.02. The molecule has 3 rings (SSSR count). The molecule has 2 aliphatic rings. The summed E-state index contributed by atoms with van der Waals surface area (Å²) in [6.45, 7) is 0.664. The van der Waals surface area contributed by atoms with Gasteiger partial charge in [0.1, 0.15) is 0 Å². The number of halogens is 2. The lowest BCUT2D eigenvalue weighted by molar-refractivity contribution is 0.0223. The molecule has 0 atom stereocenters. The van der Waals surface area contributed by atoms with Gasteiger partial charge in [-0.3, -0.25) is 0 Å². The van der Waals surface area contributed by atoms with Gasteiger partial charge in [-0.05, 0) is 92.9 Å². The van der Waals surface area contributed by atoms with Crippen molar-refractivity contribution < 1.29 is 4.74 Å². The van der Waals surface area contributed by atoms with E-state index < -0.39 is 0 Å². The minimum Gasteiger partial charge on any atom is -0.374 e. The first-order valence-electron chi connectivity index (χ1n) is 9.38. The van der Waals surface area contributed by atoms with Gasteiger partial charge in [0.25, 0.3) is 0 Å². The second-order valence-electron chi connectivity index (χ2n) is 7.40. The zero-order valence-electron chi connectivity index (χ0n) is 14.3. The quantitative estimate of drug-likeness (QED) is 0.504. The van der Waals surface area contributed by atoms with E-state index in [0.717, 1.165) is 17.8 Å². The zero-order valence-corrected chi connectivity index (χ0v) is 16.6. The van der Waals surface area contributed by atoms with Gasteiger partial charge in [-0.1, -0.05) is 39.7 Å². The van der Waals surface area contributed by atoms with E-state index in [1.54, 1.807) is 5.54 Å². The molecule has 0 spiro atoms. The Hall–Kier alpha value is -0.310. The first kappa shape index (κ1) is 18.5. The fraction of sp³-hybridized carbons (Fsp3) is 0.619. The molecule has 0 saturated heterocycles. The topological polar surface area (TPSA) is 9.23 Å². The van der Waals surface area contributed by atoms with Crippen molar-refractivity contribution in [1.82, 2.24) is 0 Å². The standard InChI is InChI=1S/C21H28BrClO/c22-20-10-6-18(7-11-20)16-2-4-17(5-3-16)19-8-12-21(13-9-19)24-15-1-14-23/h1,6-7,10-11,14,16-17,19,21H,2-5,8-9,12-13,15H2. The molecule has 0 amide bonds. The molecule has 0 bridgehead atoms. The van der Waals surface area contributed by atoms with Crippen LogP contribution in [0.15, 0.2) is 40.3 Å². The highest BCUT2D eigenvalue weighted by atomic mass is 79.9. The molecule has 1 aromatic carbocycles. The van der Waals surface area contributed by atoms with Gasteiger partial charge in [0.15, 0.2) is 0 Å². The van der Waals surface area contributed by atoms with Crippen molar-refractivity contribution in [2.24, 2.45) is 11.8 Å². The van der Waals surface area contributed by atoms with Gasteiger partial charge >= 0.3 is 0 Å². The number of rotatable bonds is 5. The average molecular weight is 412 g/mol. The highest BCUT2D eigenvalue weighted by Crippen LogP contribution is 2.43. The smallest absolute Gasteiger partial charge is 0.0662 e. The highest BCUT2D eigenvalue weighted by molar-refractivity contribution is 9.10. The Labute approximate surface area is 159 Å². The first-order chi connectivity index (χ1) is 11.8. The molecular weight excluding hydrogens is 384 g/mol. The first-order valence-corrected chi connectivity index (χ1v) is 10.6. The Balaban J connectivity index is 1.42. The van der Waals surface area contributed by atoms with Crippen LogP contribution in [0.1, 0.15) is 62.8 Å².